The first-order chi connectivity index (χ1) is 11.6. The van der Waals surface area contributed by atoms with Crippen LogP contribution >= 0.6 is 0 Å². The molecule has 2 N–H and O–H groups in total. The van der Waals surface area contributed by atoms with Gasteiger partial charge in [-0.15, -0.1) is 0 Å². The summed E-state index contributed by atoms with van der Waals surface area (Å²) in [5.74, 6) is -0.418. The van der Waals surface area contributed by atoms with E-state index in [0.717, 1.165) is 11.3 Å². The van der Waals surface area contributed by atoms with E-state index in [1.54, 1.807) is 7.11 Å². The topological polar surface area (TPSA) is 50.4 Å². The van der Waals surface area contributed by atoms with Crippen molar-refractivity contribution in [3.05, 3.63) is 65.2 Å². The molecule has 2 rings (SSSR count). The molecule has 4 nitrogen and oxygen atoms in total. The lowest BCUT2D eigenvalue weighted by atomic mass is 10.1. The second-order valence-electron chi connectivity index (χ2n) is 5.23. The molecule has 2 aromatic rings. The smallest absolute Gasteiger partial charge is 0.314 e. The molecule has 0 aliphatic rings. The molecule has 2 amide bonds. The Bertz CT molecular complexity index is 655. The molecule has 0 fully saturated rings. The molecular formula is C18H20F2N2O2. The van der Waals surface area contributed by atoms with Gasteiger partial charge in [0, 0.05) is 18.7 Å². The van der Waals surface area contributed by atoms with Gasteiger partial charge in [0.25, 0.3) is 0 Å². The van der Waals surface area contributed by atoms with Crippen molar-refractivity contribution in [1.29, 1.82) is 0 Å². The summed E-state index contributed by atoms with van der Waals surface area (Å²) in [6.07, 6.45) is 0.782. The summed E-state index contributed by atoms with van der Waals surface area (Å²) in [4.78, 5) is 11.7. The monoisotopic (exact) mass is 334 g/mol. The van der Waals surface area contributed by atoms with E-state index < -0.39 is 11.6 Å². The molecule has 6 heteroatoms. The maximum absolute atomic E-state index is 13.4. The Hall–Kier alpha value is -2.63. The van der Waals surface area contributed by atoms with Gasteiger partial charge in [0.1, 0.15) is 17.4 Å². The molecule has 128 valence electrons. The highest BCUT2D eigenvalue weighted by molar-refractivity contribution is 5.73. The Kier molecular flexibility index (Phi) is 6.54. The molecule has 24 heavy (non-hydrogen) atoms. The lowest BCUT2D eigenvalue weighted by molar-refractivity contribution is 0.241. The lowest BCUT2D eigenvalue weighted by Gasteiger charge is -2.09. The second-order valence-corrected chi connectivity index (χ2v) is 5.23. The van der Waals surface area contributed by atoms with E-state index in [0.29, 0.717) is 13.0 Å². The molecule has 0 aliphatic carbocycles. The van der Waals surface area contributed by atoms with E-state index >= 15 is 0 Å². The van der Waals surface area contributed by atoms with Crippen molar-refractivity contribution in [3.63, 3.8) is 0 Å². The number of hydrogen-bond donors (Lipinski definition) is 2. The molecule has 0 aliphatic heterocycles. The van der Waals surface area contributed by atoms with Crippen molar-refractivity contribution in [1.82, 2.24) is 10.6 Å². The van der Waals surface area contributed by atoms with Gasteiger partial charge in [-0.05, 0) is 42.7 Å². The number of hydrogen-bond acceptors (Lipinski definition) is 2. The third kappa shape index (κ3) is 5.22. The highest BCUT2D eigenvalue weighted by Gasteiger charge is 2.08. The van der Waals surface area contributed by atoms with Crippen molar-refractivity contribution in [2.75, 3.05) is 20.2 Å². The van der Waals surface area contributed by atoms with E-state index in [-0.39, 0.29) is 24.6 Å². The molecule has 0 saturated heterocycles. The number of urea groups is 1. The zero-order valence-electron chi connectivity index (χ0n) is 13.4. The molecule has 0 radical (unpaired) electrons. The maximum atomic E-state index is 13.4. The second kappa shape index (κ2) is 8.86. The summed E-state index contributed by atoms with van der Waals surface area (Å²) in [7, 11) is 1.61. The van der Waals surface area contributed by atoms with Gasteiger partial charge in [-0.3, -0.25) is 0 Å². The van der Waals surface area contributed by atoms with E-state index in [4.69, 9.17) is 4.74 Å². The molecule has 0 saturated carbocycles. The van der Waals surface area contributed by atoms with Gasteiger partial charge >= 0.3 is 6.03 Å². The van der Waals surface area contributed by atoms with Crippen LogP contribution in [0.4, 0.5) is 13.6 Å². The molecule has 0 aromatic heterocycles. The van der Waals surface area contributed by atoms with Crippen LogP contribution in [0.5, 0.6) is 5.75 Å². The minimum absolute atomic E-state index is 0.0176. The predicted octanol–water partition coefficient (Wildman–Crippen LogP) is 3.06. The fraction of sp³-hybridized carbons (Fsp3) is 0.278. The average molecular weight is 334 g/mol. The average Bonchev–Trinajstić information content (AvgIpc) is 2.58. The number of carbonyl (C=O) groups is 1. The molecule has 0 heterocycles. The first kappa shape index (κ1) is 17.7. The number of rotatable bonds is 7. The Balaban J connectivity index is 1.68. The molecule has 0 spiro atoms. The Morgan fingerprint density at radius 3 is 2.12 bits per heavy atom. The lowest BCUT2D eigenvalue weighted by Crippen LogP contribution is -2.37. The van der Waals surface area contributed by atoms with Gasteiger partial charge < -0.3 is 15.4 Å². The number of carbonyl (C=O) groups excluding carboxylic acids is 1. The summed E-state index contributed by atoms with van der Waals surface area (Å²) >= 11 is 0. The molecular weight excluding hydrogens is 314 g/mol. The van der Waals surface area contributed by atoms with E-state index in [9.17, 15) is 13.6 Å². The van der Waals surface area contributed by atoms with Crippen LogP contribution in [0.1, 0.15) is 11.1 Å². The third-order valence-electron chi connectivity index (χ3n) is 3.58. The fourth-order valence-corrected chi connectivity index (χ4v) is 2.25. The molecule has 0 unspecified atom stereocenters. The summed E-state index contributed by atoms with van der Waals surface area (Å²) in [6.45, 7) is 0.623. The highest BCUT2D eigenvalue weighted by Crippen LogP contribution is 2.12. The number of halogens is 2. The van der Waals surface area contributed by atoms with Crippen molar-refractivity contribution in [3.8, 4) is 5.75 Å². The largest absolute Gasteiger partial charge is 0.497 e. The zero-order valence-corrected chi connectivity index (χ0v) is 13.4. The van der Waals surface area contributed by atoms with Gasteiger partial charge in [-0.1, -0.05) is 18.2 Å². The van der Waals surface area contributed by atoms with Crippen LogP contribution in [0.25, 0.3) is 0 Å². The van der Waals surface area contributed by atoms with E-state index in [2.05, 4.69) is 10.6 Å². The molecule has 2 aromatic carbocycles. The van der Waals surface area contributed by atoms with Crippen molar-refractivity contribution >= 4 is 6.03 Å². The highest BCUT2D eigenvalue weighted by atomic mass is 19.1. The van der Waals surface area contributed by atoms with Gasteiger partial charge in [0.05, 0.1) is 7.11 Å². The van der Waals surface area contributed by atoms with Crippen LogP contribution in [-0.2, 0) is 12.8 Å². The first-order valence-corrected chi connectivity index (χ1v) is 7.67. The third-order valence-corrected chi connectivity index (χ3v) is 3.58. The van der Waals surface area contributed by atoms with Crippen molar-refractivity contribution in [2.24, 2.45) is 0 Å². The van der Waals surface area contributed by atoms with Gasteiger partial charge in [-0.25, -0.2) is 13.6 Å². The number of ether oxygens (including phenoxy) is 1. The standard InChI is InChI=1S/C18H20F2N2O2/c1-24-14-7-5-13(6-8-14)9-11-21-18(23)22-12-10-15-16(19)3-2-4-17(15)20/h2-8H,9-12H2,1H3,(H2,21,22,23). The van der Waals surface area contributed by atoms with Crippen molar-refractivity contribution in [2.45, 2.75) is 12.8 Å². The van der Waals surface area contributed by atoms with Crippen LogP contribution in [0, 0.1) is 11.6 Å². The Morgan fingerprint density at radius 2 is 1.54 bits per heavy atom. The number of nitrogens with one attached hydrogen (secondary N) is 2. The number of methoxy groups -OCH3 is 1. The summed E-state index contributed by atoms with van der Waals surface area (Å²) in [5.41, 5.74) is 1.06. The van der Waals surface area contributed by atoms with Gasteiger partial charge in [0.15, 0.2) is 0 Å². The molecule has 0 bridgehead atoms. The Morgan fingerprint density at radius 1 is 0.958 bits per heavy atom. The minimum Gasteiger partial charge on any atom is -0.497 e. The first-order valence-electron chi connectivity index (χ1n) is 7.67. The van der Waals surface area contributed by atoms with E-state index in [1.165, 1.54) is 18.2 Å². The number of amides is 2. The fourth-order valence-electron chi connectivity index (χ4n) is 2.25. The van der Waals surface area contributed by atoms with Crippen LogP contribution in [-0.4, -0.2) is 26.2 Å². The van der Waals surface area contributed by atoms with Gasteiger partial charge in [0.2, 0.25) is 0 Å². The van der Waals surface area contributed by atoms with E-state index in [1.807, 2.05) is 24.3 Å². The molecule has 0 atom stereocenters. The van der Waals surface area contributed by atoms with Crippen LogP contribution in [0.15, 0.2) is 42.5 Å². The minimum atomic E-state index is -0.600. The summed E-state index contributed by atoms with van der Waals surface area (Å²) < 4.78 is 32.0. The predicted molar refractivity (Wildman–Crippen MR) is 88.2 cm³/mol. The summed E-state index contributed by atoms with van der Waals surface area (Å²) in [6, 6.07) is 10.9. The quantitative estimate of drug-likeness (QED) is 0.818. The number of benzene rings is 2. The summed E-state index contributed by atoms with van der Waals surface area (Å²) in [5, 5.41) is 5.29. The van der Waals surface area contributed by atoms with Crippen LogP contribution in [0.2, 0.25) is 0 Å². The zero-order chi connectivity index (χ0) is 17.4. The van der Waals surface area contributed by atoms with Crippen molar-refractivity contribution < 1.29 is 18.3 Å². The maximum Gasteiger partial charge on any atom is 0.314 e. The normalized spacial score (nSPS) is 10.3. The van der Waals surface area contributed by atoms with Gasteiger partial charge in [-0.2, -0.15) is 0 Å². The van der Waals surface area contributed by atoms with Crippen LogP contribution < -0.4 is 15.4 Å². The van der Waals surface area contributed by atoms with Crippen LogP contribution in [0.3, 0.4) is 0 Å². The Labute approximate surface area is 139 Å². The SMILES string of the molecule is COc1ccc(CCNC(=O)NCCc2c(F)cccc2F)cc1.